The summed E-state index contributed by atoms with van der Waals surface area (Å²) in [6.45, 7) is 2.13. The third-order valence-corrected chi connectivity index (χ3v) is 5.76. The topological polar surface area (TPSA) is 84.5 Å². The first-order chi connectivity index (χ1) is 12.8. The number of benzene rings is 2. The fraction of sp³-hybridized carbons (Fsp3) is 0.278. The molecule has 0 radical (unpaired) electrons. The Balaban J connectivity index is 1.80. The molecule has 0 saturated carbocycles. The van der Waals surface area contributed by atoms with Crippen LogP contribution in [0.4, 0.5) is 14.5 Å². The van der Waals surface area contributed by atoms with Crippen molar-refractivity contribution in [3.8, 4) is 0 Å². The molecule has 1 amide bonds. The van der Waals surface area contributed by atoms with E-state index in [-0.39, 0.29) is 27.8 Å². The highest BCUT2D eigenvalue weighted by Crippen LogP contribution is 2.22. The first-order valence-electron chi connectivity index (χ1n) is 8.24. The van der Waals surface area contributed by atoms with Crippen LogP contribution in [0.1, 0.15) is 22.3 Å². The van der Waals surface area contributed by atoms with Gasteiger partial charge >= 0.3 is 0 Å². The molecule has 1 aliphatic heterocycles. The van der Waals surface area contributed by atoms with E-state index in [1.807, 2.05) is 0 Å². The largest absolute Gasteiger partial charge is 0.380 e. The van der Waals surface area contributed by atoms with Crippen LogP contribution in [0.2, 0.25) is 0 Å². The highest BCUT2D eigenvalue weighted by Gasteiger charge is 2.24. The normalized spacial score (nSPS) is 17.1. The lowest BCUT2D eigenvalue weighted by Gasteiger charge is -2.13. The Hall–Kier alpha value is -2.36. The summed E-state index contributed by atoms with van der Waals surface area (Å²) in [5.74, 6) is -2.70. The van der Waals surface area contributed by atoms with Crippen molar-refractivity contribution in [1.29, 1.82) is 0 Å². The second-order valence-corrected chi connectivity index (χ2v) is 7.91. The first kappa shape index (κ1) is 19.4. The predicted octanol–water partition coefficient (Wildman–Crippen LogP) is 2.59. The first-order valence-corrected chi connectivity index (χ1v) is 9.72. The van der Waals surface area contributed by atoms with Crippen molar-refractivity contribution in [3.05, 3.63) is 59.2 Å². The van der Waals surface area contributed by atoms with Gasteiger partial charge in [-0.3, -0.25) is 4.79 Å². The van der Waals surface area contributed by atoms with Gasteiger partial charge in [0.1, 0.15) is 0 Å². The summed E-state index contributed by atoms with van der Waals surface area (Å²) in [6.07, 6.45) is 0.578. The van der Waals surface area contributed by atoms with Crippen LogP contribution in [0, 0.1) is 18.6 Å². The van der Waals surface area contributed by atoms with Crippen LogP contribution in [0.3, 0.4) is 0 Å². The average molecular weight is 396 g/mol. The van der Waals surface area contributed by atoms with E-state index in [0.717, 1.165) is 6.07 Å². The molecule has 0 bridgehead atoms. The summed E-state index contributed by atoms with van der Waals surface area (Å²) in [5, 5.41) is 2.47. The minimum atomic E-state index is -3.81. The van der Waals surface area contributed by atoms with E-state index in [4.69, 9.17) is 4.74 Å². The Labute approximate surface area is 155 Å². The summed E-state index contributed by atoms with van der Waals surface area (Å²) >= 11 is 0. The van der Waals surface area contributed by atoms with E-state index in [1.54, 1.807) is 0 Å². The average Bonchev–Trinajstić information content (AvgIpc) is 3.14. The van der Waals surface area contributed by atoms with Crippen molar-refractivity contribution >= 4 is 21.6 Å². The lowest BCUT2D eigenvalue weighted by molar-refractivity contribution is 0.102. The Morgan fingerprint density at radius 2 is 2.00 bits per heavy atom. The number of halogens is 2. The molecule has 1 saturated heterocycles. The fourth-order valence-electron chi connectivity index (χ4n) is 2.70. The molecule has 1 atom stereocenters. The van der Waals surface area contributed by atoms with E-state index < -0.39 is 27.6 Å². The quantitative estimate of drug-likeness (QED) is 0.814. The SMILES string of the molecule is Cc1c(NC(=O)c2cccc(S(=O)(=O)N[C@@H]3CCOC3)c2)ccc(F)c1F. The van der Waals surface area contributed by atoms with Crippen molar-refractivity contribution < 1.29 is 26.7 Å². The molecule has 0 aliphatic carbocycles. The van der Waals surface area contributed by atoms with E-state index in [1.165, 1.54) is 37.3 Å². The fourth-order valence-corrected chi connectivity index (χ4v) is 4.00. The van der Waals surface area contributed by atoms with Crippen molar-refractivity contribution in [1.82, 2.24) is 4.72 Å². The zero-order valence-corrected chi connectivity index (χ0v) is 15.3. The Morgan fingerprint density at radius 3 is 2.70 bits per heavy atom. The van der Waals surface area contributed by atoms with Gasteiger partial charge in [-0.1, -0.05) is 6.07 Å². The van der Waals surface area contributed by atoms with Gasteiger partial charge in [-0.05, 0) is 43.7 Å². The monoisotopic (exact) mass is 396 g/mol. The van der Waals surface area contributed by atoms with Crippen LogP contribution in [-0.4, -0.2) is 33.6 Å². The number of hydrogen-bond acceptors (Lipinski definition) is 4. The number of anilines is 1. The molecule has 144 valence electrons. The number of carbonyl (C=O) groups excluding carboxylic acids is 1. The second-order valence-electron chi connectivity index (χ2n) is 6.20. The summed E-state index contributed by atoms with van der Waals surface area (Å²) in [6, 6.07) is 7.31. The lowest BCUT2D eigenvalue weighted by atomic mass is 10.1. The van der Waals surface area contributed by atoms with Crippen molar-refractivity contribution in [3.63, 3.8) is 0 Å². The van der Waals surface area contributed by atoms with Gasteiger partial charge in [0.25, 0.3) is 5.91 Å². The van der Waals surface area contributed by atoms with Crippen LogP contribution < -0.4 is 10.0 Å². The van der Waals surface area contributed by atoms with Gasteiger partial charge in [0.15, 0.2) is 11.6 Å². The van der Waals surface area contributed by atoms with Gasteiger partial charge in [-0.25, -0.2) is 21.9 Å². The van der Waals surface area contributed by atoms with Gasteiger partial charge in [-0.15, -0.1) is 0 Å². The van der Waals surface area contributed by atoms with Crippen LogP contribution in [0.15, 0.2) is 41.3 Å². The smallest absolute Gasteiger partial charge is 0.255 e. The molecular weight excluding hydrogens is 378 g/mol. The number of sulfonamides is 1. The van der Waals surface area contributed by atoms with Crippen molar-refractivity contribution in [2.45, 2.75) is 24.3 Å². The van der Waals surface area contributed by atoms with Gasteiger partial charge in [0.05, 0.1) is 11.5 Å². The minimum absolute atomic E-state index is 0.0463. The minimum Gasteiger partial charge on any atom is -0.380 e. The molecule has 9 heteroatoms. The third-order valence-electron chi connectivity index (χ3n) is 4.25. The summed E-state index contributed by atoms with van der Waals surface area (Å²) in [7, 11) is -3.81. The molecule has 6 nitrogen and oxygen atoms in total. The molecule has 1 aliphatic rings. The zero-order valence-electron chi connectivity index (χ0n) is 14.5. The lowest BCUT2D eigenvalue weighted by Crippen LogP contribution is -2.35. The van der Waals surface area contributed by atoms with Gasteiger partial charge in [0.2, 0.25) is 10.0 Å². The molecular formula is C18H18F2N2O4S. The molecule has 0 spiro atoms. The molecule has 1 fully saturated rings. The third kappa shape index (κ3) is 4.32. The number of hydrogen-bond donors (Lipinski definition) is 2. The van der Waals surface area contributed by atoms with Crippen LogP contribution in [0.25, 0.3) is 0 Å². The molecule has 2 aromatic carbocycles. The maximum absolute atomic E-state index is 13.6. The molecule has 0 aromatic heterocycles. The number of nitrogens with one attached hydrogen (secondary N) is 2. The highest BCUT2D eigenvalue weighted by atomic mass is 32.2. The highest BCUT2D eigenvalue weighted by molar-refractivity contribution is 7.89. The summed E-state index contributed by atoms with van der Waals surface area (Å²) in [5.41, 5.74) is 0.132. The Bertz CT molecular complexity index is 973. The standard InChI is InChI=1S/C18H18F2N2O4S/c1-11-16(6-5-15(19)17(11)20)21-18(23)12-3-2-4-14(9-12)27(24,25)22-13-7-8-26-10-13/h2-6,9,13,22H,7-8,10H2,1H3,(H,21,23)/t13-/m1/s1. The van der Waals surface area contributed by atoms with Gasteiger partial charge in [0, 0.05) is 29.5 Å². The van der Waals surface area contributed by atoms with Crippen molar-refractivity contribution in [2.75, 3.05) is 18.5 Å². The molecule has 27 heavy (non-hydrogen) atoms. The van der Waals surface area contributed by atoms with E-state index in [2.05, 4.69) is 10.0 Å². The number of amides is 1. The second kappa shape index (κ2) is 7.71. The summed E-state index contributed by atoms with van der Waals surface area (Å²) < 4.78 is 59.5. The van der Waals surface area contributed by atoms with E-state index in [9.17, 15) is 22.0 Å². The van der Waals surface area contributed by atoms with Gasteiger partial charge < -0.3 is 10.1 Å². The Kier molecular flexibility index (Phi) is 5.54. The molecule has 0 unspecified atom stereocenters. The van der Waals surface area contributed by atoms with Gasteiger partial charge in [-0.2, -0.15) is 0 Å². The molecule has 3 rings (SSSR count). The van der Waals surface area contributed by atoms with Crippen LogP contribution in [-0.2, 0) is 14.8 Å². The predicted molar refractivity (Wildman–Crippen MR) is 95.0 cm³/mol. The Morgan fingerprint density at radius 1 is 1.22 bits per heavy atom. The molecule has 1 heterocycles. The number of rotatable bonds is 5. The maximum Gasteiger partial charge on any atom is 0.255 e. The van der Waals surface area contributed by atoms with Crippen LogP contribution in [0.5, 0.6) is 0 Å². The summed E-state index contributed by atoms with van der Waals surface area (Å²) in [4.78, 5) is 12.4. The number of ether oxygens (including phenoxy) is 1. The van der Waals surface area contributed by atoms with Crippen LogP contribution >= 0.6 is 0 Å². The molecule has 2 aromatic rings. The van der Waals surface area contributed by atoms with E-state index >= 15 is 0 Å². The molecule has 2 N–H and O–H groups in total. The zero-order chi connectivity index (χ0) is 19.6. The maximum atomic E-state index is 13.6. The van der Waals surface area contributed by atoms with Crippen molar-refractivity contribution in [2.24, 2.45) is 0 Å². The van der Waals surface area contributed by atoms with E-state index in [0.29, 0.717) is 19.6 Å². The number of carbonyl (C=O) groups is 1.